The van der Waals surface area contributed by atoms with Crippen molar-refractivity contribution in [2.24, 2.45) is 0 Å². The summed E-state index contributed by atoms with van der Waals surface area (Å²) >= 11 is 0. The second-order valence-corrected chi connectivity index (χ2v) is 1.61. The molecule has 0 radical (unpaired) electrons. The van der Waals surface area contributed by atoms with Gasteiger partial charge in [0.05, 0.1) is 6.04 Å². The lowest BCUT2D eigenvalue weighted by Crippen LogP contribution is -2.36. The van der Waals surface area contributed by atoms with Gasteiger partial charge in [0.15, 0.2) is 0 Å². The first-order valence-corrected chi connectivity index (χ1v) is 2.43. The fourth-order valence-corrected chi connectivity index (χ4v) is 0.308. The van der Waals surface area contributed by atoms with Crippen molar-refractivity contribution in [1.29, 1.82) is 0 Å². The highest BCUT2D eigenvalue weighted by molar-refractivity contribution is 4.96. The van der Waals surface area contributed by atoms with Gasteiger partial charge in [-0.05, 0) is 14.0 Å². The summed E-state index contributed by atoms with van der Waals surface area (Å²) in [6, 6.07) is -0.688. The van der Waals surface area contributed by atoms with Gasteiger partial charge in [0.1, 0.15) is 0 Å². The molecule has 0 bridgehead atoms. The normalized spacial score (nSPS) is 13.9. The SMILES string of the molecule is C#CC(C)N([O-])N(C)[O-]. The maximum atomic E-state index is 10.5. The molecule has 0 aliphatic carbocycles. The van der Waals surface area contributed by atoms with Gasteiger partial charge in [0.2, 0.25) is 0 Å². The van der Waals surface area contributed by atoms with E-state index < -0.39 is 6.04 Å². The molecule has 0 aromatic carbocycles. The van der Waals surface area contributed by atoms with Crippen molar-refractivity contribution in [2.75, 3.05) is 7.05 Å². The van der Waals surface area contributed by atoms with Crippen LogP contribution in [0.2, 0.25) is 0 Å². The molecule has 0 saturated carbocycles. The highest BCUT2D eigenvalue weighted by atomic mass is 16.7. The minimum Gasteiger partial charge on any atom is -0.772 e. The Morgan fingerprint density at radius 1 is 1.56 bits per heavy atom. The van der Waals surface area contributed by atoms with Gasteiger partial charge in [-0.3, -0.25) is 0 Å². The highest BCUT2D eigenvalue weighted by Crippen LogP contribution is 1.95. The molecule has 0 heterocycles. The summed E-state index contributed by atoms with van der Waals surface area (Å²) in [4.78, 5) is 0. The second kappa shape index (κ2) is 3.43. The molecule has 4 heteroatoms. The van der Waals surface area contributed by atoms with Crippen LogP contribution < -0.4 is 0 Å². The predicted molar refractivity (Wildman–Crippen MR) is 34.6 cm³/mol. The van der Waals surface area contributed by atoms with Crippen LogP contribution in [-0.4, -0.2) is 23.4 Å². The summed E-state index contributed by atoms with van der Waals surface area (Å²) in [5.41, 5.74) is 0. The van der Waals surface area contributed by atoms with Crippen molar-refractivity contribution in [1.82, 2.24) is 10.3 Å². The zero-order valence-electron chi connectivity index (χ0n) is 5.37. The molecule has 0 aliphatic heterocycles. The van der Waals surface area contributed by atoms with E-state index in [1.54, 1.807) is 0 Å². The van der Waals surface area contributed by atoms with Gasteiger partial charge in [-0.25, -0.2) is 0 Å². The molecule has 1 atom stereocenters. The lowest BCUT2D eigenvalue weighted by atomic mass is 10.4. The first-order valence-electron chi connectivity index (χ1n) is 2.43. The summed E-state index contributed by atoms with van der Waals surface area (Å²) in [6.45, 7) is 1.47. The van der Waals surface area contributed by atoms with Gasteiger partial charge in [0.25, 0.3) is 0 Å². The van der Waals surface area contributed by atoms with Crippen LogP contribution >= 0.6 is 0 Å². The molecule has 0 N–H and O–H groups in total. The molecule has 0 rings (SSSR count). The number of hydroxylamine groups is 2. The third kappa shape index (κ3) is 2.44. The number of hydrazine groups is 1. The van der Waals surface area contributed by atoms with Crippen LogP contribution in [0.4, 0.5) is 0 Å². The van der Waals surface area contributed by atoms with E-state index in [2.05, 4.69) is 5.92 Å². The number of hydrogen-bond donors (Lipinski definition) is 0. The molecule has 0 aromatic heterocycles. The van der Waals surface area contributed by atoms with E-state index in [9.17, 15) is 10.4 Å². The quantitative estimate of drug-likeness (QED) is 0.392. The van der Waals surface area contributed by atoms with E-state index in [0.29, 0.717) is 0 Å². The fourth-order valence-electron chi connectivity index (χ4n) is 0.308. The molecule has 0 saturated heterocycles. The molecule has 9 heavy (non-hydrogen) atoms. The van der Waals surface area contributed by atoms with Crippen molar-refractivity contribution in [3.05, 3.63) is 10.4 Å². The molecule has 0 aliphatic rings. The van der Waals surface area contributed by atoms with Gasteiger partial charge >= 0.3 is 0 Å². The molecule has 52 valence electrons. The van der Waals surface area contributed by atoms with Crippen LogP contribution in [0, 0.1) is 22.8 Å². The largest absolute Gasteiger partial charge is 0.772 e. The smallest absolute Gasteiger partial charge is 0.0688 e. The maximum absolute atomic E-state index is 10.5. The molecule has 4 nitrogen and oxygen atoms in total. The van der Waals surface area contributed by atoms with E-state index in [0.717, 1.165) is 7.05 Å². The van der Waals surface area contributed by atoms with Gasteiger partial charge in [-0.15, -0.1) is 6.42 Å². The molecule has 1 unspecified atom stereocenters. The van der Waals surface area contributed by atoms with Crippen LogP contribution in [0.5, 0.6) is 0 Å². The number of hydrogen-bond acceptors (Lipinski definition) is 4. The fraction of sp³-hybridized carbons (Fsp3) is 0.600. The molecule has 0 aromatic rings. The third-order valence-corrected chi connectivity index (χ3v) is 0.850. The first-order chi connectivity index (χ1) is 4.09. The lowest BCUT2D eigenvalue weighted by molar-refractivity contribution is 0.0898. The molecule has 0 amide bonds. The van der Waals surface area contributed by atoms with Crippen LogP contribution in [-0.2, 0) is 0 Å². The van der Waals surface area contributed by atoms with Crippen LogP contribution in [0.1, 0.15) is 6.92 Å². The Kier molecular flexibility index (Phi) is 3.20. The van der Waals surface area contributed by atoms with Crippen molar-refractivity contribution in [2.45, 2.75) is 13.0 Å². The number of nitrogens with zero attached hydrogens (tertiary/aromatic N) is 2. The number of terminal acetylenes is 1. The maximum Gasteiger partial charge on any atom is 0.0688 e. The Bertz CT molecular complexity index is 119. The van der Waals surface area contributed by atoms with Crippen LogP contribution in [0.3, 0.4) is 0 Å². The van der Waals surface area contributed by atoms with Crippen molar-refractivity contribution in [3.8, 4) is 12.3 Å². The van der Waals surface area contributed by atoms with Crippen LogP contribution in [0.15, 0.2) is 0 Å². The van der Waals surface area contributed by atoms with Gasteiger partial charge in [0, 0.05) is 0 Å². The Morgan fingerprint density at radius 2 is 2.00 bits per heavy atom. The standard InChI is InChI=1S/C5H8N2O2/c1-4-5(2)7(9)6(3)8/h1,5H,2-3H3/q-2. The highest BCUT2D eigenvalue weighted by Gasteiger charge is 1.95. The summed E-state index contributed by atoms with van der Waals surface area (Å²) in [5.74, 6) is 2.12. The van der Waals surface area contributed by atoms with E-state index in [1.165, 1.54) is 6.92 Å². The zero-order chi connectivity index (χ0) is 7.44. The molecular weight excluding hydrogens is 120 g/mol. The first kappa shape index (κ1) is 8.40. The van der Waals surface area contributed by atoms with E-state index in [-0.39, 0.29) is 10.3 Å². The second-order valence-electron chi connectivity index (χ2n) is 1.61. The summed E-state index contributed by atoms with van der Waals surface area (Å²) in [6.07, 6.45) is 4.85. The summed E-state index contributed by atoms with van der Waals surface area (Å²) < 4.78 is 0. The monoisotopic (exact) mass is 128 g/mol. The molecular formula is C5H8N2O2-2. The molecule has 0 fully saturated rings. The topological polar surface area (TPSA) is 52.6 Å². The Hall–Kier alpha value is -0.600. The Morgan fingerprint density at radius 3 is 2.11 bits per heavy atom. The van der Waals surface area contributed by atoms with E-state index in [1.807, 2.05) is 0 Å². The zero-order valence-corrected chi connectivity index (χ0v) is 5.37. The van der Waals surface area contributed by atoms with Crippen LogP contribution in [0.25, 0.3) is 0 Å². The summed E-state index contributed by atoms with van der Waals surface area (Å²) in [7, 11) is 1.10. The minimum absolute atomic E-state index is 0.157. The Balaban J connectivity index is 3.76. The van der Waals surface area contributed by atoms with Gasteiger partial charge in [-0.1, -0.05) is 5.92 Å². The Labute approximate surface area is 54.2 Å². The lowest BCUT2D eigenvalue weighted by Gasteiger charge is -2.44. The van der Waals surface area contributed by atoms with E-state index >= 15 is 0 Å². The summed E-state index contributed by atoms with van der Waals surface area (Å²) in [5, 5.41) is 21.0. The van der Waals surface area contributed by atoms with E-state index in [4.69, 9.17) is 6.42 Å². The number of rotatable bonds is 2. The average molecular weight is 128 g/mol. The minimum atomic E-state index is -0.688. The van der Waals surface area contributed by atoms with Gasteiger partial charge < -0.3 is 20.8 Å². The predicted octanol–water partition coefficient (Wildman–Crippen LogP) is 0.152. The van der Waals surface area contributed by atoms with Crippen molar-refractivity contribution in [3.63, 3.8) is 0 Å². The van der Waals surface area contributed by atoms with Gasteiger partial charge in [-0.2, -0.15) is 0 Å². The van der Waals surface area contributed by atoms with Crippen molar-refractivity contribution >= 4 is 0 Å². The van der Waals surface area contributed by atoms with Crippen molar-refractivity contribution < 1.29 is 0 Å². The average Bonchev–Trinajstić information content (AvgIpc) is 1.84. The third-order valence-electron chi connectivity index (χ3n) is 0.850. The molecule has 0 spiro atoms.